The zero-order valence-electron chi connectivity index (χ0n) is 15.3. The summed E-state index contributed by atoms with van der Waals surface area (Å²) in [6.07, 6.45) is 0.842. The van der Waals surface area contributed by atoms with Crippen molar-refractivity contribution in [3.05, 3.63) is 60.2 Å². The first-order chi connectivity index (χ1) is 12.6. The Hall–Kier alpha value is -3.02. The fourth-order valence-electron chi connectivity index (χ4n) is 2.47. The van der Waals surface area contributed by atoms with Crippen LogP contribution in [-0.4, -0.2) is 38.6 Å². The minimum atomic E-state index is -0.252. The predicted molar refractivity (Wildman–Crippen MR) is 106 cm³/mol. The Morgan fingerprint density at radius 1 is 0.962 bits per heavy atom. The quantitative estimate of drug-likeness (QED) is 0.638. The second kappa shape index (κ2) is 10.1. The van der Waals surface area contributed by atoms with Crippen molar-refractivity contribution in [1.29, 1.82) is 0 Å². The molecule has 2 aromatic carbocycles. The lowest BCUT2D eigenvalue weighted by Gasteiger charge is -2.19. The average Bonchev–Trinajstić information content (AvgIpc) is 2.66. The van der Waals surface area contributed by atoms with Gasteiger partial charge >= 0.3 is 6.03 Å². The lowest BCUT2D eigenvalue weighted by molar-refractivity contribution is 0.0956. The third-order valence-electron chi connectivity index (χ3n) is 3.90. The first-order valence-electron chi connectivity index (χ1n) is 8.79. The minimum absolute atomic E-state index is 0.119. The number of nitrogens with one attached hydrogen (secondary N) is 3. The molecular formula is C20H26N4O2. The Kier molecular flexibility index (Phi) is 7.49. The van der Waals surface area contributed by atoms with Crippen LogP contribution >= 0.6 is 0 Å². The molecule has 0 atom stereocenters. The number of anilines is 2. The molecule has 0 spiro atoms. The third kappa shape index (κ3) is 6.12. The summed E-state index contributed by atoms with van der Waals surface area (Å²) in [4.78, 5) is 25.8. The molecule has 0 aromatic heterocycles. The molecule has 2 aromatic rings. The summed E-state index contributed by atoms with van der Waals surface area (Å²) >= 11 is 0. The van der Waals surface area contributed by atoms with E-state index in [1.807, 2.05) is 32.2 Å². The fraction of sp³-hybridized carbons (Fsp3) is 0.300. The van der Waals surface area contributed by atoms with Crippen LogP contribution in [0.4, 0.5) is 16.2 Å². The van der Waals surface area contributed by atoms with Crippen LogP contribution in [0.15, 0.2) is 54.6 Å². The summed E-state index contributed by atoms with van der Waals surface area (Å²) in [5, 5.41) is 8.34. The molecule has 0 unspecified atom stereocenters. The molecular weight excluding hydrogens is 328 g/mol. The number of para-hydroxylation sites is 1. The van der Waals surface area contributed by atoms with E-state index in [9.17, 15) is 9.59 Å². The van der Waals surface area contributed by atoms with Crippen molar-refractivity contribution >= 4 is 23.3 Å². The van der Waals surface area contributed by atoms with Crippen molar-refractivity contribution in [3.8, 4) is 0 Å². The van der Waals surface area contributed by atoms with Crippen molar-refractivity contribution in [2.45, 2.75) is 13.3 Å². The zero-order valence-corrected chi connectivity index (χ0v) is 15.3. The van der Waals surface area contributed by atoms with Gasteiger partial charge < -0.3 is 20.9 Å². The Morgan fingerprint density at radius 3 is 2.31 bits per heavy atom. The number of urea groups is 1. The van der Waals surface area contributed by atoms with Crippen LogP contribution in [0.2, 0.25) is 0 Å². The maximum atomic E-state index is 11.9. The van der Waals surface area contributed by atoms with Crippen molar-refractivity contribution < 1.29 is 9.59 Å². The standard InChI is InChI=1S/C20H26N4O2/c1-3-21-19(25)16-10-12-17(13-11-16)23-20(26)22-14-7-15-24(2)18-8-5-4-6-9-18/h4-6,8-13H,3,7,14-15H2,1-2H3,(H,21,25)(H2,22,23,26). The first-order valence-corrected chi connectivity index (χ1v) is 8.79. The Balaban J connectivity index is 1.69. The van der Waals surface area contributed by atoms with Crippen LogP contribution in [0.1, 0.15) is 23.7 Å². The molecule has 0 fully saturated rings. The summed E-state index contributed by atoms with van der Waals surface area (Å²) in [6.45, 7) is 3.89. The van der Waals surface area contributed by atoms with Crippen LogP contribution in [-0.2, 0) is 0 Å². The molecule has 3 amide bonds. The number of carbonyl (C=O) groups excluding carboxylic acids is 2. The van der Waals surface area contributed by atoms with Gasteiger partial charge in [0, 0.05) is 43.6 Å². The zero-order chi connectivity index (χ0) is 18.8. The van der Waals surface area contributed by atoms with E-state index >= 15 is 0 Å². The molecule has 0 saturated carbocycles. The number of nitrogens with zero attached hydrogens (tertiary/aromatic N) is 1. The molecule has 6 heteroatoms. The van der Waals surface area contributed by atoms with E-state index in [1.165, 1.54) is 0 Å². The number of hydrogen-bond acceptors (Lipinski definition) is 3. The van der Waals surface area contributed by atoms with Gasteiger partial charge in [0.2, 0.25) is 0 Å². The molecule has 0 radical (unpaired) electrons. The predicted octanol–water partition coefficient (Wildman–Crippen LogP) is 3.08. The normalized spacial score (nSPS) is 10.1. The van der Waals surface area contributed by atoms with Gasteiger partial charge in [-0.25, -0.2) is 4.79 Å². The van der Waals surface area contributed by atoms with E-state index < -0.39 is 0 Å². The molecule has 2 rings (SSSR count). The van der Waals surface area contributed by atoms with E-state index in [1.54, 1.807) is 24.3 Å². The Morgan fingerprint density at radius 2 is 1.65 bits per heavy atom. The highest BCUT2D eigenvalue weighted by atomic mass is 16.2. The van der Waals surface area contributed by atoms with Gasteiger partial charge in [0.1, 0.15) is 0 Å². The van der Waals surface area contributed by atoms with Crippen LogP contribution in [0.5, 0.6) is 0 Å². The van der Waals surface area contributed by atoms with Crippen LogP contribution in [0, 0.1) is 0 Å². The Labute approximate surface area is 154 Å². The van der Waals surface area contributed by atoms with Crippen LogP contribution in [0.25, 0.3) is 0 Å². The average molecular weight is 354 g/mol. The van der Waals surface area contributed by atoms with E-state index in [4.69, 9.17) is 0 Å². The molecule has 0 aliphatic rings. The number of amides is 3. The monoisotopic (exact) mass is 354 g/mol. The van der Waals surface area contributed by atoms with Crippen molar-refractivity contribution in [2.24, 2.45) is 0 Å². The van der Waals surface area contributed by atoms with Crippen LogP contribution in [0.3, 0.4) is 0 Å². The number of carbonyl (C=O) groups is 2. The lowest BCUT2D eigenvalue weighted by atomic mass is 10.2. The maximum Gasteiger partial charge on any atom is 0.319 e. The maximum absolute atomic E-state index is 11.9. The number of hydrogen-bond donors (Lipinski definition) is 3. The summed E-state index contributed by atoms with van der Waals surface area (Å²) in [6, 6.07) is 16.7. The van der Waals surface area contributed by atoms with Crippen molar-refractivity contribution in [2.75, 3.05) is 36.9 Å². The third-order valence-corrected chi connectivity index (χ3v) is 3.90. The summed E-state index contributed by atoms with van der Waals surface area (Å²) in [5.74, 6) is -0.119. The first kappa shape index (κ1) is 19.3. The highest BCUT2D eigenvalue weighted by Gasteiger charge is 2.06. The van der Waals surface area contributed by atoms with Crippen molar-refractivity contribution in [3.63, 3.8) is 0 Å². The lowest BCUT2D eigenvalue weighted by Crippen LogP contribution is -2.31. The van der Waals surface area contributed by atoms with E-state index in [-0.39, 0.29) is 11.9 Å². The van der Waals surface area contributed by atoms with E-state index in [2.05, 4.69) is 33.0 Å². The smallest absolute Gasteiger partial charge is 0.319 e. The summed E-state index contributed by atoms with van der Waals surface area (Å²) < 4.78 is 0. The molecule has 138 valence electrons. The fourth-order valence-corrected chi connectivity index (χ4v) is 2.47. The van der Waals surface area contributed by atoms with E-state index in [0.717, 1.165) is 18.7 Å². The topological polar surface area (TPSA) is 73.5 Å². The van der Waals surface area contributed by atoms with E-state index in [0.29, 0.717) is 24.3 Å². The van der Waals surface area contributed by atoms with Crippen LogP contribution < -0.4 is 20.9 Å². The van der Waals surface area contributed by atoms with Gasteiger partial charge in [-0.3, -0.25) is 4.79 Å². The SMILES string of the molecule is CCNC(=O)c1ccc(NC(=O)NCCCN(C)c2ccccc2)cc1. The molecule has 0 aliphatic heterocycles. The molecule has 6 nitrogen and oxygen atoms in total. The summed E-state index contributed by atoms with van der Waals surface area (Å²) in [7, 11) is 2.03. The molecule has 3 N–H and O–H groups in total. The minimum Gasteiger partial charge on any atom is -0.375 e. The van der Waals surface area contributed by atoms with Gasteiger partial charge in [0.05, 0.1) is 0 Å². The van der Waals surface area contributed by atoms with Crippen molar-refractivity contribution in [1.82, 2.24) is 10.6 Å². The highest BCUT2D eigenvalue weighted by Crippen LogP contribution is 2.11. The second-order valence-electron chi connectivity index (χ2n) is 5.93. The number of benzene rings is 2. The Bertz CT molecular complexity index is 702. The van der Waals surface area contributed by atoms with Gasteiger partial charge in [0.15, 0.2) is 0 Å². The van der Waals surface area contributed by atoms with Gasteiger partial charge in [-0.2, -0.15) is 0 Å². The van der Waals surface area contributed by atoms with Gasteiger partial charge in [-0.15, -0.1) is 0 Å². The highest BCUT2D eigenvalue weighted by molar-refractivity contribution is 5.95. The van der Waals surface area contributed by atoms with Gasteiger partial charge in [-0.1, -0.05) is 18.2 Å². The molecule has 0 heterocycles. The second-order valence-corrected chi connectivity index (χ2v) is 5.93. The summed E-state index contributed by atoms with van der Waals surface area (Å²) in [5.41, 5.74) is 2.38. The molecule has 0 saturated heterocycles. The number of rotatable bonds is 8. The van der Waals surface area contributed by atoms with Gasteiger partial charge in [0.25, 0.3) is 5.91 Å². The molecule has 26 heavy (non-hydrogen) atoms. The van der Waals surface area contributed by atoms with Gasteiger partial charge in [-0.05, 0) is 49.7 Å². The molecule has 0 bridgehead atoms. The molecule has 0 aliphatic carbocycles. The largest absolute Gasteiger partial charge is 0.375 e.